The summed E-state index contributed by atoms with van der Waals surface area (Å²) in [5.74, 6) is 0.640. The molecule has 0 aromatic carbocycles. The fourth-order valence-corrected chi connectivity index (χ4v) is 3.83. The number of rotatable bonds is 5. The molecule has 0 heterocycles. The molecule has 19 heavy (non-hydrogen) atoms. The molecule has 2 atom stereocenters. The fourth-order valence-electron chi connectivity index (χ4n) is 3.83. The van der Waals surface area contributed by atoms with Gasteiger partial charge in [0.25, 0.3) is 0 Å². The van der Waals surface area contributed by atoms with Crippen molar-refractivity contribution in [1.29, 1.82) is 0 Å². The van der Waals surface area contributed by atoms with Gasteiger partial charge < -0.3 is 15.7 Å². The molecule has 4 nitrogen and oxygen atoms in total. The summed E-state index contributed by atoms with van der Waals surface area (Å²) in [5, 5.41) is 16.1. The summed E-state index contributed by atoms with van der Waals surface area (Å²) in [6, 6.07) is 0.404. The molecular formula is C15H28N2O2. The molecule has 0 saturated heterocycles. The molecule has 4 heteroatoms. The number of carbonyl (C=O) groups is 1. The standard InChI is InChI=1S/C15H28N2O2/c1-11-6-14(2,3)9-15(7-11,10-18)16-8-13(19)17-12-4-5-12/h11-12,16,18H,4-10H2,1-3H3,(H,17,19). The number of hydrogen-bond acceptors (Lipinski definition) is 3. The van der Waals surface area contributed by atoms with Gasteiger partial charge in [-0.25, -0.2) is 0 Å². The van der Waals surface area contributed by atoms with Crippen LogP contribution < -0.4 is 10.6 Å². The number of nitrogens with one attached hydrogen (secondary N) is 2. The van der Waals surface area contributed by atoms with Gasteiger partial charge in [0.1, 0.15) is 0 Å². The third-order valence-corrected chi connectivity index (χ3v) is 4.33. The van der Waals surface area contributed by atoms with E-state index in [0.717, 1.165) is 25.7 Å². The Kier molecular flexibility index (Phi) is 4.21. The zero-order valence-corrected chi connectivity index (χ0v) is 12.5. The van der Waals surface area contributed by atoms with Gasteiger partial charge in [0.05, 0.1) is 13.2 Å². The Bertz CT molecular complexity index is 339. The summed E-state index contributed by atoms with van der Waals surface area (Å²) in [5.41, 5.74) is -0.0670. The van der Waals surface area contributed by atoms with Crippen LogP contribution in [0.2, 0.25) is 0 Å². The maximum absolute atomic E-state index is 11.8. The summed E-state index contributed by atoms with van der Waals surface area (Å²) in [7, 11) is 0. The molecule has 2 rings (SSSR count). The number of carbonyl (C=O) groups excluding carboxylic acids is 1. The highest BCUT2D eigenvalue weighted by Gasteiger charge is 2.42. The van der Waals surface area contributed by atoms with Crippen molar-refractivity contribution in [3.63, 3.8) is 0 Å². The van der Waals surface area contributed by atoms with Crippen LogP contribution in [0, 0.1) is 11.3 Å². The smallest absolute Gasteiger partial charge is 0.234 e. The largest absolute Gasteiger partial charge is 0.394 e. The van der Waals surface area contributed by atoms with E-state index in [2.05, 4.69) is 31.4 Å². The third-order valence-electron chi connectivity index (χ3n) is 4.33. The Hall–Kier alpha value is -0.610. The molecule has 2 aliphatic carbocycles. The first-order valence-electron chi connectivity index (χ1n) is 7.49. The molecule has 0 radical (unpaired) electrons. The molecule has 0 aliphatic heterocycles. The zero-order valence-electron chi connectivity index (χ0n) is 12.5. The molecule has 2 fully saturated rings. The van der Waals surface area contributed by atoms with Gasteiger partial charge in [0.2, 0.25) is 5.91 Å². The molecule has 110 valence electrons. The molecule has 0 aromatic heterocycles. The quantitative estimate of drug-likeness (QED) is 0.707. The molecule has 3 N–H and O–H groups in total. The monoisotopic (exact) mass is 268 g/mol. The molecule has 0 spiro atoms. The second-order valence-corrected chi connectivity index (χ2v) is 7.49. The van der Waals surface area contributed by atoms with Crippen LogP contribution in [0.5, 0.6) is 0 Å². The normalized spacial score (nSPS) is 34.0. The van der Waals surface area contributed by atoms with Crippen LogP contribution in [0.15, 0.2) is 0 Å². The summed E-state index contributed by atoms with van der Waals surface area (Å²) < 4.78 is 0. The van der Waals surface area contributed by atoms with Crippen molar-refractivity contribution in [2.24, 2.45) is 11.3 Å². The molecule has 2 aliphatic rings. The minimum atomic E-state index is -0.290. The minimum absolute atomic E-state index is 0.0614. The summed E-state index contributed by atoms with van der Waals surface area (Å²) in [6.07, 6.45) is 5.29. The van der Waals surface area contributed by atoms with Crippen LogP contribution in [0.3, 0.4) is 0 Å². The molecule has 2 unspecified atom stereocenters. The maximum atomic E-state index is 11.8. The molecule has 2 saturated carbocycles. The first-order valence-corrected chi connectivity index (χ1v) is 7.49. The lowest BCUT2D eigenvalue weighted by Crippen LogP contribution is -2.57. The molecule has 0 bridgehead atoms. The van der Waals surface area contributed by atoms with Gasteiger partial charge in [-0.3, -0.25) is 4.79 Å². The summed E-state index contributed by atoms with van der Waals surface area (Å²) >= 11 is 0. The third kappa shape index (κ3) is 4.18. The van der Waals surface area contributed by atoms with E-state index in [-0.39, 0.29) is 23.5 Å². The maximum Gasteiger partial charge on any atom is 0.234 e. The van der Waals surface area contributed by atoms with E-state index in [1.807, 2.05) is 0 Å². The number of aliphatic hydroxyl groups excluding tert-OH is 1. The predicted molar refractivity (Wildman–Crippen MR) is 75.8 cm³/mol. The zero-order chi connectivity index (χ0) is 14.1. The number of amides is 1. The van der Waals surface area contributed by atoms with Gasteiger partial charge in [-0.2, -0.15) is 0 Å². The van der Waals surface area contributed by atoms with Crippen LogP contribution in [0.1, 0.15) is 52.9 Å². The van der Waals surface area contributed by atoms with Gasteiger partial charge in [0, 0.05) is 11.6 Å². The van der Waals surface area contributed by atoms with Crippen LogP contribution in [0.4, 0.5) is 0 Å². The average Bonchev–Trinajstić information content (AvgIpc) is 3.07. The first kappa shape index (κ1) is 14.8. The Morgan fingerprint density at radius 1 is 1.32 bits per heavy atom. The van der Waals surface area contributed by atoms with E-state index in [1.54, 1.807) is 0 Å². The predicted octanol–water partition coefficient (Wildman–Crippen LogP) is 1.43. The van der Waals surface area contributed by atoms with Crippen molar-refractivity contribution in [2.75, 3.05) is 13.2 Å². The van der Waals surface area contributed by atoms with Crippen LogP contribution in [-0.2, 0) is 4.79 Å². The fraction of sp³-hybridized carbons (Fsp3) is 0.933. The van der Waals surface area contributed by atoms with Gasteiger partial charge in [-0.15, -0.1) is 0 Å². The lowest BCUT2D eigenvalue weighted by Gasteiger charge is -2.47. The van der Waals surface area contributed by atoms with Crippen LogP contribution >= 0.6 is 0 Å². The van der Waals surface area contributed by atoms with Crippen molar-refractivity contribution in [1.82, 2.24) is 10.6 Å². The van der Waals surface area contributed by atoms with Crippen molar-refractivity contribution in [3.05, 3.63) is 0 Å². The van der Waals surface area contributed by atoms with E-state index < -0.39 is 0 Å². The number of aliphatic hydroxyl groups is 1. The van der Waals surface area contributed by atoms with Gasteiger partial charge in [-0.05, 0) is 43.4 Å². The second-order valence-electron chi connectivity index (χ2n) is 7.49. The lowest BCUT2D eigenvalue weighted by molar-refractivity contribution is -0.121. The van der Waals surface area contributed by atoms with Crippen molar-refractivity contribution < 1.29 is 9.90 Å². The Balaban J connectivity index is 1.90. The molecule has 1 amide bonds. The van der Waals surface area contributed by atoms with E-state index in [4.69, 9.17) is 0 Å². The lowest BCUT2D eigenvalue weighted by atomic mass is 9.64. The van der Waals surface area contributed by atoms with E-state index >= 15 is 0 Å². The van der Waals surface area contributed by atoms with E-state index in [9.17, 15) is 9.90 Å². The van der Waals surface area contributed by atoms with E-state index in [1.165, 1.54) is 6.42 Å². The first-order chi connectivity index (χ1) is 8.84. The van der Waals surface area contributed by atoms with Crippen molar-refractivity contribution >= 4 is 5.91 Å². The summed E-state index contributed by atoms with van der Waals surface area (Å²) in [6.45, 7) is 7.16. The van der Waals surface area contributed by atoms with Crippen molar-refractivity contribution in [3.8, 4) is 0 Å². The van der Waals surface area contributed by atoms with Gasteiger partial charge >= 0.3 is 0 Å². The SMILES string of the molecule is CC1CC(C)(C)CC(CO)(NCC(=O)NC2CC2)C1. The Morgan fingerprint density at radius 2 is 2.00 bits per heavy atom. The average molecular weight is 268 g/mol. The highest BCUT2D eigenvalue weighted by molar-refractivity contribution is 5.78. The second kappa shape index (κ2) is 5.41. The van der Waals surface area contributed by atoms with Crippen LogP contribution in [-0.4, -0.2) is 35.7 Å². The van der Waals surface area contributed by atoms with Crippen LogP contribution in [0.25, 0.3) is 0 Å². The summed E-state index contributed by atoms with van der Waals surface area (Å²) in [4.78, 5) is 11.8. The Labute approximate surface area is 116 Å². The molecular weight excluding hydrogens is 240 g/mol. The van der Waals surface area contributed by atoms with Gasteiger partial charge in [0.15, 0.2) is 0 Å². The van der Waals surface area contributed by atoms with Crippen molar-refractivity contribution in [2.45, 2.75) is 64.5 Å². The minimum Gasteiger partial charge on any atom is -0.394 e. The highest BCUT2D eigenvalue weighted by Crippen LogP contribution is 2.43. The number of hydrogen-bond donors (Lipinski definition) is 3. The van der Waals surface area contributed by atoms with E-state index in [0.29, 0.717) is 18.5 Å². The van der Waals surface area contributed by atoms with Gasteiger partial charge in [-0.1, -0.05) is 20.8 Å². The Morgan fingerprint density at radius 3 is 2.53 bits per heavy atom. The molecule has 0 aromatic rings. The highest BCUT2D eigenvalue weighted by atomic mass is 16.3. The topological polar surface area (TPSA) is 61.4 Å².